The van der Waals surface area contributed by atoms with Crippen LogP contribution in [-0.2, 0) is 4.79 Å². The number of piperidine rings is 1. The van der Waals surface area contributed by atoms with Crippen molar-refractivity contribution in [2.75, 3.05) is 33.7 Å². The summed E-state index contributed by atoms with van der Waals surface area (Å²) in [5.41, 5.74) is 7.05. The van der Waals surface area contributed by atoms with Crippen molar-refractivity contribution in [3.63, 3.8) is 0 Å². The monoisotopic (exact) mass is 448 g/mol. The molecule has 1 saturated heterocycles. The molecule has 1 aromatic carbocycles. The second-order valence-corrected chi connectivity index (χ2v) is 9.96. The number of amides is 1. The molecule has 0 aliphatic carbocycles. The summed E-state index contributed by atoms with van der Waals surface area (Å²) >= 11 is 0. The van der Waals surface area contributed by atoms with E-state index in [1.807, 2.05) is 34.0 Å². The molecule has 1 aliphatic heterocycles. The summed E-state index contributed by atoms with van der Waals surface area (Å²) in [5, 5.41) is 12.0. The molecule has 2 aromatic heterocycles. The minimum absolute atomic E-state index is 0.168. The van der Waals surface area contributed by atoms with Crippen LogP contribution in [0.4, 0.5) is 0 Å². The predicted molar refractivity (Wildman–Crippen MR) is 134 cm³/mol. The third-order valence-electron chi connectivity index (χ3n) is 6.92. The van der Waals surface area contributed by atoms with Gasteiger partial charge in [0.1, 0.15) is 5.75 Å². The lowest BCUT2D eigenvalue weighted by atomic mass is 9.87. The normalized spacial score (nSPS) is 15.5. The number of likely N-dealkylation sites (tertiary alicyclic amines) is 1. The molecule has 4 rings (SSSR count). The van der Waals surface area contributed by atoms with Gasteiger partial charge in [0.05, 0.1) is 17.9 Å². The van der Waals surface area contributed by atoms with E-state index in [0.29, 0.717) is 24.1 Å². The SMILES string of the molecule is Cc1cc(-c2[nH]c3ccc(C4CCN(CC(=O)N(C)C)CC4)cc3c2C(C)C)c(O)c(C)n1. The highest BCUT2D eigenvalue weighted by atomic mass is 16.3. The number of hydrogen-bond donors (Lipinski definition) is 2. The Bertz CT molecular complexity index is 1170. The van der Waals surface area contributed by atoms with Crippen LogP contribution in [0.3, 0.4) is 0 Å². The number of rotatable bonds is 5. The Morgan fingerprint density at radius 3 is 2.55 bits per heavy atom. The lowest BCUT2D eigenvalue weighted by molar-refractivity contribution is -0.130. The zero-order valence-electron chi connectivity index (χ0n) is 20.7. The Morgan fingerprint density at radius 1 is 1.21 bits per heavy atom. The average molecular weight is 449 g/mol. The molecule has 3 aromatic rings. The fraction of sp³-hybridized carbons (Fsp3) is 0.481. The van der Waals surface area contributed by atoms with Crippen LogP contribution in [0, 0.1) is 13.8 Å². The number of nitrogens with one attached hydrogen (secondary N) is 1. The van der Waals surface area contributed by atoms with Gasteiger partial charge < -0.3 is 15.0 Å². The van der Waals surface area contributed by atoms with E-state index >= 15 is 0 Å². The molecule has 0 atom stereocenters. The maximum Gasteiger partial charge on any atom is 0.236 e. The molecule has 2 N–H and O–H groups in total. The van der Waals surface area contributed by atoms with Gasteiger partial charge in [-0.25, -0.2) is 0 Å². The Labute approximate surface area is 196 Å². The number of carbonyl (C=O) groups is 1. The van der Waals surface area contributed by atoms with E-state index in [1.165, 1.54) is 16.5 Å². The zero-order chi connectivity index (χ0) is 23.9. The number of fused-ring (bicyclic) bond motifs is 1. The Balaban J connectivity index is 1.65. The topological polar surface area (TPSA) is 72.5 Å². The lowest BCUT2D eigenvalue weighted by Crippen LogP contribution is -2.40. The van der Waals surface area contributed by atoms with E-state index in [9.17, 15) is 9.90 Å². The van der Waals surface area contributed by atoms with Gasteiger partial charge in [-0.15, -0.1) is 0 Å². The van der Waals surface area contributed by atoms with Crippen molar-refractivity contribution in [1.82, 2.24) is 19.8 Å². The molecule has 176 valence electrons. The van der Waals surface area contributed by atoms with Gasteiger partial charge in [-0.2, -0.15) is 0 Å². The third kappa shape index (κ3) is 4.62. The van der Waals surface area contributed by atoms with Crippen molar-refractivity contribution in [3.05, 3.63) is 46.8 Å². The summed E-state index contributed by atoms with van der Waals surface area (Å²) in [4.78, 5) is 24.0. The molecule has 1 fully saturated rings. The quantitative estimate of drug-likeness (QED) is 0.580. The van der Waals surface area contributed by atoms with Crippen LogP contribution < -0.4 is 0 Å². The van der Waals surface area contributed by atoms with Crippen LogP contribution in [-0.4, -0.2) is 64.5 Å². The molecule has 0 bridgehead atoms. The number of aromatic nitrogens is 2. The maximum atomic E-state index is 12.1. The van der Waals surface area contributed by atoms with E-state index in [4.69, 9.17) is 0 Å². The molecule has 6 heteroatoms. The zero-order valence-corrected chi connectivity index (χ0v) is 20.7. The van der Waals surface area contributed by atoms with Crippen LogP contribution in [0.15, 0.2) is 24.3 Å². The van der Waals surface area contributed by atoms with Gasteiger partial charge in [0.15, 0.2) is 0 Å². The summed E-state index contributed by atoms with van der Waals surface area (Å²) < 4.78 is 0. The highest BCUT2D eigenvalue weighted by Crippen LogP contribution is 2.41. The highest BCUT2D eigenvalue weighted by molar-refractivity contribution is 5.93. The summed E-state index contributed by atoms with van der Waals surface area (Å²) in [6.45, 7) is 10.6. The molecule has 0 unspecified atom stereocenters. The minimum Gasteiger partial charge on any atom is -0.505 e. The average Bonchev–Trinajstić information content (AvgIpc) is 3.15. The number of aryl methyl sites for hydroxylation is 2. The Kier molecular flexibility index (Phi) is 6.48. The van der Waals surface area contributed by atoms with Crippen LogP contribution in [0.25, 0.3) is 22.2 Å². The third-order valence-corrected chi connectivity index (χ3v) is 6.92. The van der Waals surface area contributed by atoms with Crippen molar-refractivity contribution in [2.45, 2.75) is 52.4 Å². The van der Waals surface area contributed by atoms with Crippen LogP contribution >= 0.6 is 0 Å². The van der Waals surface area contributed by atoms with Gasteiger partial charge in [0, 0.05) is 36.3 Å². The van der Waals surface area contributed by atoms with Crippen LogP contribution in [0.2, 0.25) is 0 Å². The maximum absolute atomic E-state index is 12.1. The second kappa shape index (κ2) is 9.18. The largest absolute Gasteiger partial charge is 0.505 e. The lowest BCUT2D eigenvalue weighted by Gasteiger charge is -2.32. The van der Waals surface area contributed by atoms with E-state index in [-0.39, 0.29) is 11.7 Å². The molecular weight excluding hydrogens is 412 g/mol. The number of likely N-dealkylation sites (N-methyl/N-ethyl adjacent to an activating group) is 1. The van der Waals surface area contributed by atoms with Gasteiger partial charge in [0.25, 0.3) is 0 Å². The first-order valence-corrected chi connectivity index (χ1v) is 11.9. The molecule has 0 radical (unpaired) electrons. The molecule has 0 spiro atoms. The summed E-state index contributed by atoms with van der Waals surface area (Å²) in [6.07, 6.45) is 2.12. The predicted octanol–water partition coefficient (Wildman–Crippen LogP) is 4.94. The molecule has 1 aliphatic rings. The fourth-order valence-corrected chi connectivity index (χ4v) is 5.07. The smallest absolute Gasteiger partial charge is 0.236 e. The number of hydrogen-bond acceptors (Lipinski definition) is 4. The number of pyridine rings is 1. The number of H-pyrrole nitrogens is 1. The summed E-state index contributed by atoms with van der Waals surface area (Å²) in [6, 6.07) is 8.72. The highest BCUT2D eigenvalue weighted by Gasteiger charge is 2.25. The van der Waals surface area contributed by atoms with E-state index in [1.54, 1.807) is 4.90 Å². The van der Waals surface area contributed by atoms with Crippen molar-refractivity contribution >= 4 is 16.8 Å². The first-order chi connectivity index (χ1) is 15.7. The van der Waals surface area contributed by atoms with Gasteiger partial charge in [-0.3, -0.25) is 14.7 Å². The van der Waals surface area contributed by atoms with Gasteiger partial charge in [-0.1, -0.05) is 19.9 Å². The molecule has 0 saturated carbocycles. The minimum atomic E-state index is 0.168. The number of aromatic amines is 1. The molecular formula is C27H36N4O2. The van der Waals surface area contributed by atoms with E-state index in [2.05, 4.69) is 46.9 Å². The molecule has 3 heterocycles. The number of carbonyl (C=O) groups excluding carboxylic acids is 1. The second-order valence-electron chi connectivity index (χ2n) is 9.96. The molecule has 1 amide bonds. The molecule has 6 nitrogen and oxygen atoms in total. The Hall–Kier alpha value is -2.86. The van der Waals surface area contributed by atoms with Gasteiger partial charge in [0.2, 0.25) is 5.91 Å². The number of benzene rings is 1. The first-order valence-electron chi connectivity index (χ1n) is 11.9. The van der Waals surface area contributed by atoms with Crippen LogP contribution in [0.5, 0.6) is 5.75 Å². The fourth-order valence-electron chi connectivity index (χ4n) is 5.07. The van der Waals surface area contributed by atoms with E-state index < -0.39 is 0 Å². The summed E-state index contributed by atoms with van der Waals surface area (Å²) in [7, 11) is 3.63. The van der Waals surface area contributed by atoms with Gasteiger partial charge >= 0.3 is 0 Å². The summed E-state index contributed by atoms with van der Waals surface area (Å²) in [5.74, 6) is 1.21. The van der Waals surface area contributed by atoms with E-state index in [0.717, 1.165) is 48.4 Å². The number of nitrogens with zero attached hydrogens (tertiary/aromatic N) is 3. The first kappa shape index (κ1) is 23.3. The van der Waals surface area contributed by atoms with Crippen LogP contribution in [0.1, 0.15) is 61.0 Å². The van der Waals surface area contributed by atoms with Crippen molar-refractivity contribution < 1.29 is 9.90 Å². The standard InChI is InChI=1S/C27H36N4O2/c1-16(2)25-21-14-20(19-9-11-31(12-10-19)15-24(32)30(5)6)7-8-23(21)29-26(25)22-13-17(3)28-18(4)27(22)33/h7-8,13-14,16,19,29,33H,9-12,15H2,1-6H3. The van der Waals surface area contributed by atoms with Gasteiger partial charge in [-0.05, 0) is 80.9 Å². The number of aromatic hydroxyl groups is 1. The van der Waals surface area contributed by atoms with Crippen molar-refractivity contribution in [3.8, 4) is 17.0 Å². The van der Waals surface area contributed by atoms with Crippen molar-refractivity contribution in [1.29, 1.82) is 0 Å². The van der Waals surface area contributed by atoms with Crippen molar-refractivity contribution in [2.24, 2.45) is 0 Å². The molecule has 33 heavy (non-hydrogen) atoms. The Morgan fingerprint density at radius 2 is 1.91 bits per heavy atom.